The molecule has 10 N–H and O–H groups in total. The number of hydrogen-bond donors (Lipinski definition) is 8. The molecule has 0 saturated carbocycles. The van der Waals surface area contributed by atoms with Crippen LogP contribution in [0.25, 0.3) is 0 Å². The molecule has 12 nitrogen and oxygen atoms in total. The summed E-state index contributed by atoms with van der Waals surface area (Å²) in [6, 6.07) is -4.01. The predicted octanol–water partition coefficient (Wildman–Crippen LogP) is -1.75. The van der Waals surface area contributed by atoms with E-state index >= 15 is 0 Å². The molecule has 0 rings (SSSR count). The largest absolute Gasteiger partial charge is 0.480 e. The number of nitrogens with two attached hydrogens (primary N) is 3. The molecule has 0 aromatic carbocycles. The highest BCUT2D eigenvalue weighted by molar-refractivity contribution is 7.98. The first-order chi connectivity index (χ1) is 15.4. The number of nitrogens with one attached hydrogen (secondary N) is 3. The van der Waals surface area contributed by atoms with Gasteiger partial charge in [0.05, 0.1) is 6.04 Å². The third kappa shape index (κ3) is 12.6. The lowest BCUT2D eigenvalue weighted by atomic mass is 10.0. The van der Waals surface area contributed by atoms with Crippen molar-refractivity contribution in [1.29, 1.82) is 0 Å². The standard InChI is InChI=1S/C19H37N7O5S2/c1-10(2)14(26-15(27)11(20)9-32)17(29)24-12(5-4-7-23-19(21)22)16(28)25-13(18(30)31)6-8-33-3/h10-14,32H,4-9,20H2,1-3H3,(H,24,29)(H,25,28)(H,26,27)(H,30,31)(H4,21,22,23). The first kappa shape index (κ1) is 30.8. The summed E-state index contributed by atoms with van der Waals surface area (Å²) in [4.78, 5) is 53.3. The van der Waals surface area contributed by atoms with Crippen LogP contribution in [-0.2, 0) is 19.2 Å². The molecule has 0 aliphatic heterocycles. The van der Waals surface area contributed by atoms with Crippen LogP contribution in [0.5, 0.6) is 0 Å². The molecular weight excluding hydrogens is 470 g/mol. The van der Waals surface area contributed by atoms with Gasteiger partial charge in [-0.05, 0) is 37.2 Å². The number of carbonyl (C=O) groups excluding carboxylic acids is 3. The summed E-state index contributed by atoms with van der Waals surface area (Å²) in [6.07, 6.45) is 2.55. The summed E-state index contributed by atoms with van der Waals surface area (Å²) in [5, 5.41) is 17.1. The average molecular weight is 508 g/mol. The number of thiol groups is 1. The number of hydrogen-bond acceptors (Lipinski definition) is 8. The molecule has 4 atom stereocenters. The van der Waals surface area contributed by atoms with Crippen LogP contribution in [0.3, 0.4) is 0 Å². The van der Waals surface area contributed by atoms with Crippen LogP contribution in [0, 0.1) is 5.92 Å². The second kappa shape index (κ2) is 16.4. The van der Waals surface area contributed by atoms with E-state index in [2.05, 4.69) is 33.6 Å². The Balaban J connectivity index is 5.48. The first-order valence-electron chi connectivity index (χ1n) is 10.5. The van der Waals surface area contributed by atoms with Gasteiger partial charge in [-0.1, -0.05) is 13.8 Å². The summed E-state index contributed by atoms with van der Waals surface area (Å²) in [7, 11) is 0. The highest BCUT2D eigenvalue weighted by Crippen LogP contribution is 2.07. The zero-order chi connectivity index (χ0) is 25.6. The number of carboxylic acids is 1. The topological polar surface area (TPSA) is 215 Å². The van der Waals surface area contributed by atoms with Crippen molar-refractivity contribution in [3.05, 3.63) is 0 Å². The molecule has 0 aliphatic carbocycles. The molecule has 0 bridgehead atoms. The van der Waals surface area contributed by atoms with Crippen molar-refractivity contribution < 1.29 is 24.3 Å². The normalized spacial score (nSPS) is 14.5. The third-order valence-electron chi connectivity index (χ3n) is 4.58. The number of amides is 3. The van der Waals surface area contributed by atoms with Crippen LogP contribution in [0.4, 0.5) is 0 Å². The van der Waals surface area contributed by atoms with Crippen molar-refractivity contribution in [3.63, 3.8) is 0 Å². The quantitative estimate of drug-likeness (QED) is 0.0513. The van der Waals surface area contributed by atoms with Gasteiger partial charge in [0.1, 0.15) is 18.1 Å². The number of nitrogens with zero attached hydrogens (tertiary/aromatic N) is 1. The second-order valence-corrected chi connectivity index (χ2v) is 9.06. The second-order valence-electron chi connectivity index (χ2n) is 7.71. The Morgan fingerprint density at radius 1 is 1.00 bits per heavy atom. The molecule has 190 valence electrons. The fourth-order valence-corrected chi connectivity index (χ4v) is 3.31. The van der Waals surface area contributed by atoms with Gasteiger partial charge >= 0.3 is 5.97 Å². The molecule has 3 amide bonds. The van der Waals surface area contributed by atoms with Gasteiger partial charge in [-0.3, -0.25) is 19.4 Å². The number of carbonyl (C=O) groups is 4. The van der Waals surface area contributed by atoms with Crippen molar-refractivity contribution in [2.24, 2.45) is 28.1 Å². The Morgan fingerprint density at radius 3 is 2.09 bits per heavy atom. The van der Waals surface area contributed by atoms with E-state index in [0.717, 1.165) is 0 Å². The van der Waals surface area contributed by atoms with Gasteiger partial charge in [-0.15, -0.1) is 0 Å². The molecule has 0 fully saturated rings. The Hall–Kier alpha value is -2.19. The number of rotatable bonds is 16. The zero-order valence-corrected chi connectivity index (χ0v) is 21.0. The van der Waals surface area contributed by atoms with E-state index in [1.807, 2.05) is 6.26 Å². The van der Waals surface area contributed by atoms with Crippen molar-refractivity contribution in [2.75, 3.05) is 24.3 Å². The van der Waals surface area contributed by atoms with E-state index in [4.69, 9.17) is 17.2 Å². The smallest absolute Gasteiger partial charge is 0.326 e. The average Bonchev–Trinajstić information content (AvgIpc) is 2.74. The van der Waals surface area contributed by atoms with Gasteiger partial charge in [0.2, 0.25) is 17.7 Å². The van der Waals surface area contributed by atoms with Crippen LogP contribution in [0.15, 0.2) is 4.99 Å². The van der Waals surface area contributed by atoms with E-state index in [0.29, 0.717) is 12.2 Å². The van der Waals surface area contributed by atoms with Crippen molar-refractivity contribution in [3.8, 4) is 0 Å². The Kier molecular flexibility index (Phi) is 15.3. The molecule has 0 aromatic heterocycles. The molecule has 0 spiro atoms. The summed E-state index contributed by atoms with van der Waals surface area (Å²) in [6.45, 7) is 3.68. The van der Waals surface area contributed by atoms with E-state index in [9.17, 15) is 24.3 Å². The van der Waals surface area contributed by atoms with Gasteiger partial charge in [-0.25, -0.2) is 4.79 Å². The van der Waals surface area contributed by atoms with Crippen LogP contribution >= 0.6 is 24.4 Å². The van der Waals surface area contributed by atoms with E-state index in [-0.39, 0.29) is 37.0 Å². The van der Waals surface area contributed by atoms with Crippen LogP contribution < -0.4 is 33.2 Å². The van der Waals surface area contributed by atoms with Gasteiger partial charge in [0, 0.05) is 12.3 Å². The molecular formula is C19H37N7O5S2. The number of carboxylic acid groups (broad SMARTS) is 1. The first-order valence-corrected chi connectivity index (χ1v) is 12.5. The van der Waals surface area contributed by atoms with Crippen LogP contribution in [0.2, 0.25) is 0 Å². The molecule has 4 unspecified atom stereocenters. The molecule has 0 aliphatic rings. The number of thioether (sulfide) groups is 1. The lowest BCUT2D eigenvalue weighted by molar-refractivity contribution is -0.142. The van der Waals surface area contributed by atoms with Gasteiger partial charge < -0.3 is 38.3 Å². The summed E-state index contributed by atoms with van der Waals surface area (Å²) < 4.78 is 0. The zero-order valence-electron chi connectivity index (χ0n) is 19.2. The minimum atomic E-state index is -1.17. The van der Waals surface area contributed by atoms with Crippen LogP contribution in [0.1, 0.15) is 33.1 Å². The van der Waals surface area contributed by atoms with Crippen molar-refractivity contribution in [1.82, 2.24) is 16.0 Å². The molecule has 0 saturated heterocycles. The summed E-state index contributed by atoms with van der Waals surface area (Å²) in [5.41, 5.74) is 16.3. The maximum absolute atomic E-state index is 12.9. The monoisotopic (exact) mass is 507 g/mol. The Bertz CT molecular complexity index is 689. The number of aliphatic imine (C=N–C) groups is 1. The Morgan fingerprint density at radius 2 is 1.61 bits per heavy atom. The van der Waals surface area contributed by atoms with E-state index < -0.39 is 47.9 Å². The molecule has 0 heterocycles. The molecule has 0 radical (unpaired) electrons. The minimum absolute atomic E-state index is 0.0979. The number of guanidine groups is 1. The SMILES string of the molecule is CSCCC(NC(=O)C(CCCN=C(N)N)NC(=O)C(NC(=O)C(N)CS)C(C)C)C(=O)O. The summed E-state index contributed by atoms with van der Waals surface area (Å²) >= 11 is 5.43. The van der Waals surface area contributed by atoms with Crippen molar-refractivity contribution >= 4 is 54.0 Å². The lowest BCUT2D eigenvalue weighted by Crippen LogP contribution is -2.58. The maximum Gasteiger partial charge on any atom is 0.326 e. The highest BCUT2D eigenvalue weighted by atomic mass is 32.2. The van der Waals surface area contributed by atoms with Gasteiger partial charge in [0.25, 0.3) is 0 Å². The molecule has 14 heteroatoms. The fraction of sp³-hybridized carbons (Fsp3) is 0.737. The minimum Gasteiger partial charge on any atom is -0.480 e. The van der Waals surface area contributed by atoms with E-state index in [1.54, 1.807) is 13.8 Å². The third-order valence-corrected chi connectivity index (χ3v) is 5.62. The van der Waals surface area contributed by atoms with Gasteiger partial charge in [0.15, 0.2) is 5.96 Å². The number of aliphatic carboxylic acids is 1. The molecule has 0 aromatic rings. The van der Waals surface area contributed by atoms with Crippen LogP contribution in [-0.4, -0.2) is 83.2 Å². The fourth-order valence-electron chi connectivity index (χ4n) is 2.68. The predicted molar refractivity (Wildman–Crippen MR) is 133 cm³/mol. The summed E-state index contributed by atoms with van der Waals surface area (Å²) in [5.74, 6) is -2.74. The van der Waals surface area contributed by atoms with Crippen molar-refractivity contribution in [2.45, 2.75) is 57.3 Å². The lowest BCUT2D eigenvalue weighted by Gasteiger charge is -2.26. The highest BCUT2D eigenvalue weighted by Gasteiger charge is 2.31. The van der Waals surface area contributed by atoms with E-state index in [1.165, 1.54) is 11.8 Å². The molecule has 33 heavy (non-hydrogen) atoms. The maximum atomic E-state index is 12.9. The van der Waals surface area contributed by atoms with Gasteiger partial charge in [-0.2, -0.15) is 24.4 Å². The Labute approximate surface area is 204 Å².